The Morgan fingerprint density at radius 1 is 1.26 bits per heavy atom. The van der Waals surface area contributed by atoms with Crippen LogP contribution >= 0.6 is 11.8 Å². The van der Waals surface area contributed by atoms with Gasteiger partial charge < -0.3 is 15.7 Å². The van der Waals surface area contributed by atoms with E-state index in [9.17, 15) is 14.4 Å². The van der Waals surface area contributed by atoms with Gasteiger partial charge in [0, 0.05) is 22.9 Å². The average Bonchev–Trinajstić information content (AvgIpc) is 2.66. The van der Waals surface area contributed by atoms with Crippen LogP contribution in [0.25, 0.3) is 0 Å². The number of nitrogens with one attached hydrogen (secondary N) is 2. The molecule has 1 atom stereocenters. The van der Waals surface area contributed by atoms with Gasteiger partial charge in [-0.15, -0.1) is 11.8 Å². The Morgan fingerprint density at radius 2 is 2.04 bits per heavy atom. The fourth-order valence-electron chi connectivity index (χ4n) is 3.86. The standard InChI is InChI=1S/C20H26N2O4S/c23-18-12-27-17-8-6-14(11-16(17)22-18)20(26)21-15(7-9-19(24)25)10-13-4-2-1-3-5-13/h6,8,11,13,15H,1-5,7,9-10,12H2,(H,21,26)(H,22,23)(H,24,25). The molecule has 1 aliphatic carbocycles. The van der Waals surface area contributed by atoms with Crippen molar-refractivity contribution in [3.05, 3.63) is 23.8 Å². The number of fused-ring (bicyclic) bond motifs is 1. The molecular formula is C20H26N2O4S. The second-order valence-corrected chi connectivity index (χ2v) is 8.41. The van der Waals surface area contributed by atoms with Crippen molar-refractivity contribution in [2.75, 3.05) is 11.1 Å². The first-order valence-corrected chi connectivity index (χ1v) is 10.6. The highest BCUT2D eigenvalue weighted by Gasteiger charge is 2.23. The molecule has 2 amide bonds. The van der Waals surface area contributed by atoms with Crippen LogP contribution < -0.4 is 10.6 Å². The highest BCUT2D eigenvalue weighted by molar-refractivity contribution is 8.00. The van der Waals surface area contributed by atoms with Crippen molar-refractivity contribution >= 4 is 35.2 Å². The maximum Gasteiger partial charge on any atom is 0.303 e. The van der Waals surface area contributed by atoms with Crippen molar-refractivity contribution in [1.29, 1.82) is 0 Å². The lowest BCUT2D eigenvalue weighted by atomic mass is 9.84. The number of hydrogen-bond acceptors (Lipinski definition) is 4. The quantitative estimate of drug-likeness (QED) is 0.660. The summed E-state index contributed by atoms with van der Waals surface area (Å²) in [7, 11) is 0. The SMILES string of the molecule is O=C(O)CCC(CC1CCCCC1)NC(=O)c1ccc2c(c1)NC(=O)CS2. The fraction of sp³-hybridized carbons (Fsp3) is 0.550. The molecule has 146 valence electrons. The lowest BCUT2D eigenvalue weighted by Crippen LogP contribution is -2.37. The lowest BCUT2D eigenvalue weighted by molar-refractivity contribution is -0.137. The van der Waals surface area contributed by atoms with Crippen LogP contribution in [0.1, 0.15) is 61.7 Å². The van der Waals surface area contributed by atoms with Gasteiger partial charge in [0.1, 0.15) is 0 Å². The van der Waals surface area contributed by atoms with E-state index >= 15 is 0 Å². The monoisotopic (exact) mass is 390 g/mol. The van der Waals surface area contributed by atoms with Gasteiger partial charge in [-0.2, -0.15) is 0 Å². The van der Waals surface area contributed by atoms with Crippen LogP contribution in [0.2, 0.25) is 0 Å². The van der Waals surface area contributed by atoms with E-state index < -0.39 is 5.97 Å². The summed E-state index contributed by atoms with van der Waals surface area (Å²) in [6.07, 6.45) is 7.32. The molecule has 1 heterocycles. The summed E-state index contributed by atoms with van der Waals surface area (Å²) in [5.74, 6) is -0.184. The molecule has 0 spiro atoms. The highest BCUT2D eigenvalue weighted by Crippen LogP contribution is 2.32. The van der Waals surface area contributed by atoms with Crippen LogP contribution in [0.4, 0.5) is 5.69 Å². The molecule has 3 rings (SSSR count). The van der Waals surface area contributed by atoms with Gasteiger partial charge in [-0.1, -0.05) is 32.1 Å². The first-order chi connectivity index (χ1) is 13.0. The molecule has 2 aliphatic rings. The maximum atomic E-state index is 12.7. The number of rotatable bonds is 7. The summed E-state index contributed by atoms with van der Waals surface area (Å²) in [5.41, 5.74) is 1.15. The summed E-state index contributed by atoms with van der Waals surface area (Å²) in [5, 5.41) is 14.9. The largest absolute Gasteiger partial charge is 0.481 e. The molecule has 0 bridgehead atoms. The summed E-state index contributed by atoms with van der Waals surface area (Å²) >= 11 is 1.46. The van der Waals surface area contributed by atoms with Crippen LogP contribution in [0, 0.1) is 5.92 Å². The van der Waals surface area contributed by atoms with Gasteiger partial charge in [-0.3, -0.25) is 14.4 Å². The van der Waals surface area contributed by atoms with E-state index in [2.05, 4.69) is 10.6 Å². The van der Waals surface area contributed by atoms with E-state index in [1.807, 2.05) is 6.07 Å². The van der Waals surface area contributed by atoms with Crippen LogP contribution in [-0.4, -0.2) is 34.7 Å². The molecule has 6 nitrogen and oxygen atoms in total. The van der Waals surface area contributed by atoms with Crippen molar-refractivity contribution < 1.29 is 19.5 Å². The number of aliphatic carboxylic acids is 1. The van der Waals surface area contributed by atoms with Gasteiger partial charge in [-0.25, -0.2) is 0 Å². The first kappa shape index (κ1) is 19.7. The molecule has 3 N–H and O–H groups in total. The third-order valence-corrected chi connectivity index (χ3v) is 6.33. The number of amides is 2. The Morgan fingerprint density at radius 3 is 2.78 bits per heavy atom. The zero-order chi connectivity index (χ0) is 19.2. The number of carbonyl (C=O) groups is 3. The molecular weight excluding hydrogens is 364 g/mol. The van der Waals surface area contributed by atoms with Crippen LogP contribution in [-0.2, 0) is 9.59 Å². The Hall–Kier alpha value is -2.02. The normalized spacial score (nSPS) is 18.3. The summed E-state index contributed by atoms with van der Waals surface area (Å²) in [6.45, 7) is 0. The molecule has 0 aromatic heterocycles. The minimum absolute atomic E-state index is 0.0502. The number of benzene rings is 1. The van der Waals surface area contributed by atoms with E-state index in [-0.39, 0.29) is 24.3 Å². The first-order valence-electron chi connectivity index (χ1n) is 9.60. The predicted molar refractivity (Wildman–Crippen MR) is 105 cm³/mol. The van der Waals surface area contributed by atoms with E-state index in [0.29, 0.717) is 29.3 Å². The van der Waals surface area contributed by atoms with Crippen molar-refractivity contribution in [2.24, 2.45) is 5.92 Å². The molecule has 1 aromatic rings. The molecule has 0 radical (unpaired) electrons. The van der Waals surface area contributed by atoms with Crippen LogP contribution in [0.5, 0.6) is 0 Å². The molecule has 7 heteroatoms. The third-order valence-electron chi connectivity index (χ3n) is 5.26. The molecule has 1 aromatic carbocycles. The zero-order valence-electron chi connectivity index (χ0n) is 15.3. The Balaban J connectivity index is 1.66. The second kappa shape index (κ2) is 9.26. The zero-order valence-corrected chi connectivity index (χ0v) is 16.1. The summed E-state index contributed by atoms with van der Waals surface area (Å²) < 4.78 is 0. The van der Waals surface area contributed by atoms with Crippen molar-refractivity contribution in [2.45, 2.75) is 62.3 Å². The third kappa shape index (κ3) is 5.73. The molecule has 1 fully saturated rings. The van der Waals surface area contributed by atoms with Crippen molar-refractivity contribution in [3.63, 3.8) is 0 Å². The van der Waals surface area contributed by atoms with Crippen LogP contribution in [0.15, 0.2) is 23.1 Å². The second-order valence-electron chi connectivity index (χ2n) is 7.39. The highest BCUT2D eigenvalue weighted by atomic mass is 32.2. The Labute approximate surface area is 163 Å². The smallest absolute Gasteiger partial charge is 0.303 e. The maximum absolute atomic E-state index is 12.7. The average molecular weight is 391 g/mol. The topological polar surface area (TPSA) is 95.5 Å². The number of thioether (sulfide) groups is 1. The predicted octanol–water partition coefficient (Wildman–Crippen LogP) is 3.66. The van der Waals surface area contributed by atoms with Gasteiger partial charge >= 0.3 is 5.97 Å². The Kier molecular flexibility index (Phi) is 6.77. The van der Waals surface area contributed by atoms with E-state index in [0.717, 1.165) is 24.2 Å². The minimum atomic E-state index is -0.841. The van der Waals surface area contributed by atoms with Crippen LogP contribution in [0.3, 0.4) is 0 Å². The van der Waals surface area contributed by atoms with E-state index in [4.69, 9.17) is 5.11 Å². The number of anilines is 1. The minimum Gasteiger partial charge on any atom is -0.481 e. The molecule has 27 heavy (non-hydrogen) atoms. The van der Waals surface area contributed by atoms with Crippen molar-refractivity contribution in [1.82, 2.24) is 5.32 Å². The summed E-state index contributed by atoms with van der Waals surface area (Å²) in [4.78, 5) is 36.2. The van der Waals surface area contributed by atoms with Gasteiger partial charge in [0.05, 0.1) is 11.4 Å². The number of carboxylic acids is 1. The number of carboxylic acid groups (broad SMARTS) is 1. The number of carbonyl (C=O) groups excluding carboxylic acids is 2. The van der Waals surface area contributed by atoms with Crippen molar-refractivity contribution in [3.8, 4) is 0 Å². The molecule has 1 unspecified atom stereocenters. The lowest BCUT2D eigenvalue weighted by Gasteiger charge is -2.27. The van der Waals surface area contributed by atoms with Gasteiger partial charge in [0.15, 0.2) is 0 Å². The van der Waals surface area contributed by atoms with E-state index in [1.54, 1.807) is 12.1 Å². The summed E-state index contributed by atoms with van der Waals surface area (Å²) in [6, 6.07) is 5.16. The van der Waals surface area contributed by atoms with Gasteiger partial charge in [-0.05, 0) is 37.0 Å². The van der Waals surface area contributed by atoms with Gasteiger partial charge in [0.2, 0.25) is 5.91 Å². The van der Waals surface area contributed by atoms with Gasteiger partial charge in [0.25, 0.3) is 5.91 Å². The molecule has 0 saturated heterocycles. The Bertz CT molecular complexity index is 716. The molecule has 1 saturated carbocycles. The number of hydrogen-bond donors (Lipinski definition) is 3. The van der Waals surface area contributed by atoms with E-state index in [1.165, 1.54) is 31.0 Å². The fourth-order valence-corrected chi connectivity index (χ4v) is 4.65. The molecule has 1 aliphatic heterocycles.